The number of benzene rings is 2. The summed E-state index contributed by atoms with van der Waals surface area (Å²) < 4.78 is 43.8. The summed E-state index contributed by atoms with van der Waals surface area (Å²) in [5.41, 5.74) is 0.296. The predicted octanol–water partition coefficient (Wildman–Crippen LogP) is 3.45. The molecular weight excluding hydrogens is 423 g/mol. The number of sulfonamides is 1. The fourth-order valence-corrected chi connectivity index (χ4v) is 4.00. The Hall–Kier alpha value is -2.65. The highest BCUT2D eigenvalue weighted by Crippen LogP contribution is 2.24. The van der Waals surface area contributed by atoms with Crippen LogP contribution in [0.5, 0.6) is 0 Å². The molecule has 10 heteroatoms. The second-order valence-electron chi connectivity index (χ2n) is 6.12. The fraction of sp³-hybridized carbons (Fsp3) is 0.263. The van der Waals surface area contributed by atoms with Crippen LogP contribution < -0.4 is 9.62 Å². The van der Waals surface area contributed by atoms with Crippen LogP contribution in [0.1, 0.15) is 24.2 Å². The number of ether oxygens (including phenoxy) is 1. The lowest BCUT2D eigenvalue weighted by Gasteiger charge is -2.28. The molecule has 2 aromatic carbocycles. The molecule has 0 fully saturated rings. The smallest absolute Gasteiger partial charge is 0.339 e. The van der Waals surface area contributed by atoms with E-state index in [9.17, 15) is 22.4 Å². The summed E-state index contributed by atoms with van der Waals surface area (Å²) in [6.07, 6.45) is 0.919. The first-order chi connectivity index (χ1) is 13.5. The number of nitrogens with one attached hydrogen (secondary N) is 1. The zero-order valence-electron chi connectivity index (χ0n) is 16.0. The third-order valence-corrected chi connectivity index (χ3v) is 5.45. The van der Waals surface area contributed by atoms with Gasteiger partial charge in [0.05, 0.1) is 29.1 Å². The molecule has 0 bridgehead atoms. The molecule has 0 spiro atoms. The highest BCUT2D eigenvalue weighted by atomic mass is 35.5. The summed E-state index contributed by atoms with van der Waals surface area (Å²) in [4.78, 5) is 24.6. The van der Waals surface area contributed by atoms with E-state index in [0.717, 1.165) is 16.6 Å². The Balaban J connectivity index is 2.31. The van der Waals surface area contributed by atoms with Crippen LogP contribution in [0.3, 0.4) is 0 Å². The molecule has 0 saturated carbocycles. The summed E-state index contributed by atoms with van der Waals surface area (Å²) in [5, 5.41) is 2.68. The van der Waals surface area contributed by atoms with Crippen LogP contribution in [0.4, 0.5) is 15.8 Å². The lowest BCUT2D eigenvalue weighted by atomic mass is 10.2. The summed E-state index contributed by atoms with van der Waals surface area (Å²) in [6, 6.07) is 7.92. The number of halogens is 2. The largest absolute Gasteiger partial charge is 0.462 e. The van der Waals surface area contributed by atoms with Crippen LogP contribution in [0.15, 0.2) is 42.5 Å². The van der Waals surface area contributed by atoms with Crippen LogP contribution in [0.25, 0.3) is 0 Å². The number of anilines is 2. The number of carbonyl (C=O) groups is 2. The Morgan fingerprint density at radius 2 is 1.93 bits per heavy atom. The molecule has 1 unspecified atom stereocenters. The van der Waals surface area contributed by atoms with E-state index in [1.165, 1.54) is 43.3 Å². The van der Waals surface area contributed by atoms with Crippen molar-refractivity contribution in [1.82, 2.24) is 0 Å². The minimum Gasteiger partial charge on any atom is -0.462 e. The quantitative estimate of drug-likeness (QED) is 0.663. The first kappa shape index (κ1) is 22.6. The van der Waals surface area contributed by atoms with E-state index in [2.05, 4.69) is 5.32 Å². The Labute approximate surface area is 173 Å². The van der Waals surface area contributed by atoms with Crippen molar-refractivity contribution in [3.8, 4) is 0 Å². The molecule has 1 N–H and O–H groups in total. The molecular formula is C19H20ClFN2O5S. The zero-order chi connectivity index (χ0) is 21.8. The van der Waals surface area contributed by atoms with Gasteiger partial charge in [0, 0.05) is 5.69 Å². The Kier molecular flexibility index (Phi) is 7.21. The van der Waals surface area contributed by atoms with Crippen LogP contribution in [0, 0.1) is 5.82 Å². The van der Waals surface area contributed by atoms with Gasteiger partial charge in [-0.15, -0.1) is 0 Å². The summed E-state index contributed by atoms with van der Waals surface area (Å²) in [6.45, 7) is 3.16. The van der Waals surface area contributed by atoms with Crippen molar-refractivity contribution in [1.29, 1.82) is 0 Å². The van der Waals surface area contributed by atoms with Crippen molar-refractivity contribution >= 4 is 44.9 Å². The molecule has 0 aliphatic heterocycles. The molecule has 0 aliphatic rings. The van der Waals surface area contributed by atoms with Crippen LogP contribution in [-0.2, 0) is 19.6 Å². The lowest BCUT2D eigenvalue weighted by molar-refractivity contribution is -0.116. The minimum absolute atomic E-state index is 0.0125. The Morgan fingerprint density at radius 1 is 1.24 bits per heavy atom. The molecule has 0 radical (unpaired) electrons. The lowest BCUT2D eigenvalue weighted by Crippen LogP contribution is -2.45. The molecule has 0 heterocycles. The summed E-state index contributed by atoms with van der Waals surface area (Å²) in [5.74, 6) is -1.98. The molecule has 29 heavy (non-hydrogen) atoms. The van der Waals surface area contributed by atoms with Gasteiger partial charge in [0.25, 0.3) is 0 Å². The van der Waals surface area contributed by atoms with E-state index in [1.54, 1.807) is 6.92 Å². The SMILES string of the molecule is CCOC(=O)c1cc(NC(=O)C(C)N(c2cccc(F)c2)S(C)(=O)=O)ccc1Cl. The van der Waals surface area contributed by atoms with Gasteiger partial charge in [-0.25, -0.2) is 17.6 Å². The van der Waals surface area contributed by atoms with Crippen molar-refractivity contribution in [3.63, 3.8) is 0 Å². The maximum absolute atomic E-state index is 13.6. The van der Waals surface area contributed by atoms with E-state index in [0.29, 0.717) is 0 Å². The van der Waals surface area contributed by atoms with Gasteiger partial charge < -0.3 is 10.1 Å². The number of rotatable bonds is 7. The number of esters is 1. The van der Waals surface area contributed by atoms with E-state index >= 15 is 0 Å². The highest BCUT2D eigenvalue weighted by molar-refractivity contribution is 7.92. The average Bonchev–Trinajstić information content (AvgIpc) is 2.62. The van der Waals surface area contributed by atoms with Crippen molar-refractivity contribution in [2.45, 2.75) is 19.9 Å². The number of carbonyl (C=O) groups excluding carboxylic acids is 2. The van der Waals surface area contributed by atoms with Gasteiger partial charge in [-0.1, -0.05) is 17.7 Å². The first-order valence-corrected chi connectivity index (χ1v) is 10.8. The molecule has 1 atom stereocenters. The van der Waals surface area contributed by atoms with Crippen LogP contribution in [0.2, 0.25) is 5.02 Å². The maximum atomic E-state index is 13.6. The summed E-state index contributed by atoms with van der Waals surface area (Å²) in [7, 11) is -3.90. The van der Waals surface area contributed by atoms with Crippen molar-refractivity contribution < 1.29 is 27.1 Å². The molecule has 0 saturated heterocycles. The molecule has 156 valence electrons. The van der Waals surface area contributed by atoms with Gasteiger partial charge in [0.15, 0.2) is 0 Å². The second kappa shape index (κ2) is 9.23. The normalized spacial score (nSPS) is 12.2. The van der Waals surface area contributed by atoms with Crippen molar-refractivity contribution in [2.75, 3.05) is 22.5 Å². The number of nitrogens with zero attached hydrogens (tertiary/aromatic N) is 1. The van der Waals surface area contributed by atoms with E-state index in [-0.39, 0.29) is 28.6 Å². The van der Waals surface area contributed by atoms with E-state index in [4.69, 9.17) is 16.3 Å². The number of hydrogen-bond acceptors (Lipinski definition) is 5. The molecule has 1 amide bonds. The number of hydrogen-bond donors (Lipinski definition) is 1. The standard InChI is InChI=1S/C19H20ClFN2O5S/c1-4-28-19(25)16-11-14(8-9-17(16)20)22-18(24)12(2)23(29(3,26)27)15-7-5-6-13(21)10-15/h5-12H,4H2,1-3H3,(H,22,24). The van der Waals surface area contributed by atoms with Gasteiger partial charge in [0.2, 0.25) is 15.9 Å². The first-order valence-electron chi connectivity index (χ1n) is 8.57. The molecule has 7 nitrogen and oxygen atoms in total. The fourth-order valence-electron chi connectivity index (χ4n) is 2.64. The maximum Gasteiger partial charge on any atom is 0.339 e. The third-order valence-electron chi connectivity index (χ3n) is 3.88. The topological polar surface area (TPSA) is 92.8 Å². The molecule has 0 aliphatic carbocycles. The van der Waals surface area contributed by atoms with Gasteiger partial charge in [-0.3, -0.25) is 9.10 Å². The Morgan fingerprint density at radius 3 is 2.52 bits per heavy atom. The van der Waals surface area contributed by atoms with Crippen molar-refractivity contribution in [3.05, 3.63) is 58.9 Å². The number of amides is 1. The van der Waals surface area contributed by atoms with Gasteiger partial charge >= 0.3 is 5.97 Å². The van der Waals surface area contributed by atoms with Gasteiger partial charge in [-0.2, -0.15) is 0 Å². The van der Waals surface area contributed by atoms with E-state index < -0.39 is 33.8 Å². The monoisotopic (exact) mass is 442 g/mol. The van der Waals surface area contributed by atoms with E-state index in [1.807, 2.05) is 0 Å². The van der Waals surface area contributed by atoms with Crippen LogP contribution in [-0.4, -0.2) is 39.2 Å². The minimum atomic E-state index is -3.90. The van der Waals surface area contributed by atoms with Gasteiger partial charge in [-0.05, 0) is 50.2 Å². The summed E-state index contributed by atoms with van der Waals surface area (Å²) >= 11 is 5.99. The zero-order valence-corrected chi connectivity index (χ0v) is 17.6. The Bertz CT molecular complexity index is 1030. The third kappa shape index (κ3) is 5.68. The highest BCUT2D eigenvalue weighted by Gasteiger charge is 2.29. The average molecular weight is 443 g/mol. The molecule has 2 aromatic rings. The van der Waals surface area contributed by atoms with Gasteiger partial charge in [0.1, 0.15) is 11.9 Å². The van der Waals surface area contributed by atoms with Crippen LogP contribution >= 0.6 is 11.6 Å². The molecule has 0 aromatic heterocycles. The van der Waals surface area contributed by atoms with Crippen molar-refractivity contribution in [2.24, 2.45) is 0 Å². The second-order valence-corrected chi connectivity index (χ2v) is 8.39. The molecule has 2 rings (SSSR count). The predicted molar refractivity (Wildman–Crippen MR) is 109 cm³/mol.